The first-order valence-corrected chi connectivity index (χ1v) is 5.26. The smallest absolute Gasteiger partial charge is 0.242 e. The summed E-state index contributed by atoms with van der Waals surface area (Å²) in [5.41, 5.74) is 7.31. The van der Waals surface area contributed by atoms with E-state index in [-0.39, 0.29) is 0 Å². The van der Waals surface area contributed by atoms with Gasteiger partial charge in [0.1, 0.15) is 5.75 Å². The van der Waals surface area contributed by atoms with Gasteiger partial charge in [0.05, 0.1) is 12.3 Å². The van der Waals surface area contributed by atoms with E-state index in [4.69, 9.17) is 15.2 Å². The SMILES string of the molecule is COCc1cccc(Oc2ncccc2N)c1. The number of pyridine rings is 1. The molecular weight excluding hydrogens is 216 g/mol. The Morgan fingerprint density at radius 1 is 1.24 bits per heavy atom. The Morgan fingerprint density at radius 2 is 2.12 bits per heavy atom. The van der Waals surface area contributed by atoms with Crippen molar-refractivity contribution in [1.82, 2.24) is 4.98 Å². The van der Waals surface area contributed by atoms with Gasteiger partial charge in [-0.15, -0.1) is 0 Å². The van der Waals surface area contributed by atoms with E-state index in [2.05, 4.69) is 4.98 Å². The third-order valence-corrected chi connectivity index (χ3v) is 2.22. The number of aromatic nitrogens is 1. The predicted molar refractivity (Wildman–Crippen MR) is 65.9 cm³/mol. The van der Waals surface area contributed by atoms with Gasteiger partial charge >= 0.3 is 0 Å². The standard InChI is InChI=1S/C13H14N2O2/c1-16-9-10-4-2-5-11(8-10)17-13-12(14)6-3-7-15-13/h2-8H,9,14H2,1H3. The number of nitrogen functional groups attached to an aromatic ring is 1. The lowest BCUT2D eigenvalue weighted by atomic mass is 10.2. The van der Waals surface area contributed by atoms with Gasteiger partial charge in [-0.25, -0.2) is 4.98 Å². The van der Waals surface area contributed by atoms with Crippen LogP contribution >= 0.6 is 0 Å². The van der Waals surface area contributed by atoms with Gasteiger partial charge in [0.2, 0.25) is 5.88 Å². The minimum atomic E-state index is 0.419. The van der Waals surface area contributed by atoms with E-state index < -0.39 is 0 Å². The Labute approximate surface area is 100 Å². The molecule has 2 aromatic rings. The Morgan fingerprint density at radius 3 is 2.88 bits per heavy atom. The molecule has 1 aromatic carbocycles. The van der Waals surface area contributed by atoms with Crippen LogP contribution in [-0.4, -0.2) is 12.1 Å². The molecule has 17 heavy (non-hydrogen) atoms. The van der Waals surface area contributed by atoms with Gasteiger partial charge in [-0.2, -0.15) is 0 Å². The number of nitrogens with two attached hydrogens (primary N) is 1. The van der Waals surface area contributed by atoms with Crippen LogP contribution in [0.3, 0.4) is 0 Å². The van der Waals surface area contributed by atoms with E-state index in [1.54, 1.807) is 25.4 Å². The van der Waals surface area contributed by atoms with Crippen LogP contribution in [0.4, 0.5) is 5.69 Å². The summed E-state index contributed by atoms with van der Waals surface area (Å²) in [6.45, 7) is 0.550. The molecule has 0 bridgehead atoms. The highest BCUT2D eigenvalue weighted by Gasteiger charge is 2.03. The van der Waals surface area contributed by atoms with Crippen molar-refractivity contribution in [2.24, 2.45) is 0 Å². The molecule has 0 aliphatic carbocycles. The Kier molecular flexibility index (Phi) is 3.57. The Hall–Kier alpha value is -2.07. The molecule has 0 amide bonds. The predicted octanol–water partition coefficient (Wildman–Crippen LogP) is 2.60. The van der Waals surface area contributed by atoms with Crippen molar-refractivity contribution in [2.45, 2.75) is 6.61 Å². The van der Waals surface area contributed by atoms with Gasteiger partial charge in [0, 0.05) is 13.3 Å². The zero-order chi connectivity index (χ0) is 12.1. The Bertz CT molecular complexity index is 500. The van der Waals surface area contributed by atoms with E-state index in [0.717, 1.165) is 5.56 Å². The number of nitrogens with zero attached hydrogens (tertiary/aromatic N) is 1. The number of benzene rings is 1. The first-order chi connectivity index (χ1) is 8.29. The molecule has 88 valence electrons. The first kappa shape index (κ1) is 11.4. The number of anilines is 1. The summed E-state index contributed by atoms with van der Waals surface area (Å²) in [6, 6.07) is 11.1. The van der Waals surface area contributed by atoms with E-state index in [1.165, 1.54) is 0 Å². The molecule has 0 aliphatic heterocycles. The lowest BCUT2D eigenvalue weighted by molar-refractivity contribution is 0.184. The third-order valence-electron chi connectivity index (χ3n) is 2.22. The fourth-order valence-corrected chi connectivity index (χ4v) is 1.47. The van der Waals surface area contributed by atoms with E-state index >= 15 is 0 Å². The van der Waals surface area contributed by atoms with Crippen LogP contribution in [0, 0.1) is 0 Å². The van der Waals surface area contributed by atoms with E-state index in [0.29, 0.717) is 23.9 Å². The molecule has 0 saturated heterocycles. The lowest BCUT2D eigenvalue weighted by Crippen LogP contribution is -1.95. The van der Waals surface area contributed by atoms with E-state index in [1.807, 2.05) is 24.3 Å². The van der Waals surface area contributed by atoms with Gasteiger partial charge in [0.15, 0.2) is 0 Å². The normalized spacial score (nSPS) is 10.2. The molecule has 1 heterocycles. The molecule has 4 nitrogen and oxygen atoms in total. The van der Waals surface area contributed by atoms with Crippen LogP contribution < -0.4 is 10.5 Å². The summed E-state index contributed by atoms with van der Waals surface area (Å²) in [7, 11) is 1.66. The van der Waals surface area contributed by atoms with Crippen LogP contribution in [0.2, 0.25) is 0 Å². The molecule has 0 atom stereocenters. The van der Waals surface area contributed by atoms with Crippen LogP contribution in [-0.2, 0) is 11.3 Å². The fourth-order valence-electron chi connectivity index (χ4n) is 1.47. The van der Waals surface area contributed by atoms with Crippen molar-refractivity contribution in [3.05, 3.63) is 48.2 Å². The number of hydrogen-bond donors (Lipinski definition) is 1. The quantitative estimate of drug-likeness (QED) is 0.877. The highest BCUT2D eigenvalue weighted by Crippen LogP contribution is 2.24. The van der Waals surface area contributed by atoms with Crippen molar-refractivity contribution in [1.29, 1.82) is 0 Å². The number of ether oxygens (including phenoxy) is 2. The molecule has 0 fully saturated rings. The fraction of sp³-hybridized carbons (Fsp3) is 0.154. The number of rotatable bonds is 4. The summed E-state index contributed by atoms with van der Waals surface area (Å²) < 4.78 is 10.7. The molecule has 0 unspecified atom stereocenters. The average Bonchev–Trinajstić information content (AvgIpc) is 2.33. The second kappa shape index (κ2) is 5.32. The summed E-state index contributed by atoms with van der Waals surface area (Å²) in [5, 5.41) is 0. The number of hydrogen-bond acceptors (Lipinski definition) is 4. The number of methoxy groups -OCH3 is 1. The van der Waals surface area contributed by atoms with Gasteiger partial charge < -0.3 is 15.2 Å². The van der Waals surface area contributed by atoms with Crippen molar-refractivity contribution < 1.29 is 9.47 Å². The van der Waals surface area contributed by atoms with Crippen molar-refractivity contribution in [3.63, 3.8) is 0 Å². The average molecular weight is 230 g/mol. The first-order valence-electron chi connectivity index (χ1n) is 5.26. The second-order valence-electron chi connectivity index (χ2n) is 3.58. The molecular formula is C13H14N2O2. The highest BCUT2D eigenvalue weighted by atomic mass is 16.5. The highest BCUT2D eigenvalue weighted by molar-refractivity contribution is 5.49. The summed E-state index contributed by atoms with van der Waals surface area (Å²) in [5.74, 6) is 1.12. The molecule has 4 heteroatoms. The van der Waals surface area contributed by atoms with Gasteiger partial charge in [-0.3, -0.25) is 0 Å². The molecule has 2 rings (SSSR count). The molecule has 0 aliphatic rings. The zero-order valence-electron chi connectivity index (χ0n) is 9.59. The van der Waals surface area contributed by atoms with Crippen LogP contribution in [0.5, 0.6) is 11.6 Å². The minimum absolute atomic E-state index is 0.419. The molecule has 2 N–H and O–H groups in total. The maximum Gasteiger partial charge on any atom is 0.242 e. The van der Waals surface area contributed by atoms with Crippen LogP contribution in [0.25, 0.3) is 0 Å². The molecule has 0 radical (unpaired) electrons. The maximum atomic E-state index is 5.75. The summed E-state index contributed by atoms with van der Waals surface area (Å²) in [4.78, 5) is 4.07. The maximum absolute atomic E-state index is 5.75. The van der Waals surface area contributed by atoms with Crippen molar-refractivity contribution >= 4 is 5.69 Å². The van der Waals surface area contributed by atoms with Crippen molar-refractivity contribution in [2.75, 3.05) is 12.8 Å². The van der Waals surface area contributed by atoms with Crippen LogP contribution in [0.1, 0.15) is 5.56 Å². The third kappa shape index (κ3) is 2.95. The van der Waals surface area contributed by atoms with E-state index in [9.17, 15) is 0 Å². The topological polar surface area (TPSA) is 57.4 Å². The van der Waals surface area contributed by atoms with Gasteiger partial charge in [-0.05, 0) is 29.8 Å². The Balaban J connectivity index is 2.18. The summed E-state index contributed by atoms with van der Waals surface area (Å²) >= 11 is 0. The van der Waals surface area contributed by atoms with Gasteiger partial charge in [-0.1, -0.05) is 12.1 Å². The molecule has 0 saturated carbocycles. The zero-order valence-corrected chi connectivity index (χ0v) is 9.59. The minimum Gasteiger partial charge on any atom is -0.437 e. The summed E-state index contributed by atoms with van der Waals surface area (Å²) in [6.07, 6.45) is 1.64. The molecule has 1 aromatic heterocycles. The van der Waals surface area contributed by atoms with Crippen molar-refractivity contribution in [3.8, 4) is 11.6 Å². The second-order valence-corrected chi connectivity index (χ2v) is 3.58. The lowest BCUT2D eigenvalue weighted by Gasteiger charge is -2.08. The van der Waals surface area contributed by atoms with Gasteiger partial charge in [0.25, 0.3) is 0 Å². The largest absolute Gasteiger partial charge is 0.437 e. The molecule has 0 spiro atoms. The monoisotopic (exact) mass is 230 g/mol. The van der Waals surface area contributed by atoms with Crippen LogP contribution in [0.15, 0.2) is 42.6 Å².